The van der Waals surface area contributed by atoms with Crippen LogP contribution in [0.4, 0.5) is 22.0 Å². The first-order chi connectivity index (χ1) is 15.9. The minimum Gasteiger partial charge on any atom is -0.482 e. The molecule has 0 radical (unpaired) electrons. The fourth-order valence-electron chi connectivity index (χ4n) is 4.02. The number of nitrogens with zero attached hydrogens (tertiary/aromatic N) is 1. The molecule has 1 N–H and O–H groups in total. The topological polar surface area (TPSA) is 58.6 Å². The standard InChI is InChI=1S/C23H23F5N2O3S/c1-34(31,32)21-10-15(6-7-29-21)16-8-19(24)22(20(25)9-16)33-18-12-30(13-18)11-14-2-4-17(5-3-14)23(26,27)28/h2-6,8-9,18,21,29H,7,10-13H2,1H3. The maximum Gasteiger partial charge on any atom is 0.416 e. The molecule has 0 aliphatic carbocycles. The average molecular weight is 503 g/mol. The minimum atomic E-state index is -4.39. The van der Waals surface area contributed by atoms with Crippen molar-refractivity contribution in [1.82, 2.24) is 10.2 Å². The highest BCUT2D eigenvalue weighted by molar-refractivity contribution is 7.91. The van der Waals surface area contributed by atoms with Crippen LogP contribution < -0.4 is 10.1 Å². The first-order valence-corrected chi connectivity index (χ1v) is 12.5. The molecular formula is C23H23F5N2O3S. The SMILES string of the molecule is CS(=O)(=O)C1CC(c2cc(F)c(OC3CN(Cc4ccc(C(F)(F)F)cc4)C3)c(F)c2)=CCN1. The van der Waals surface area contributed by atoms with Gasteiger partial charge in [-0.25, -0.2) is 17.2 Å². The summed E-state index contributed by atoms with van der Waals surface area (Å²) in [6.07, 6.45) is -1.96. The molecule has 1 atom stereocenters. The number of hydrogen-bond acceptors (Lipinski definition) is 5. The number of rotatable bonds is 6. The Kier molecular flexibility index (Phi) is 6.71. The van der Waals surface area contributed by atoms with Crippen molar-refractivity contribution in [2.45, 2.75) is 30.6 Å². The molecule has 11 heteroatoms. The second-order valence-electron chi connectivity index (χ2n) is 8.56. The number of sulfone groups is 1. The molecule has 0 aromatic heterocycles. The van der Waals surface area contributed by atoms with Gasteiger partial charge in [-0.3, -0.25) is 10.2 Å². The number of nitrogens with one attached hydrogen (secondary N) is 1. The summed E-state index contributed by atoms with van der Waals surface area (Å²) in [5.74, 6) is -2.27. The number of halogens is 5. The summed E-state index contributed by atoms with van der Waals surface area (Å²) in [6, 6.07) is 7.11. The van der Waals surface area contributed by atoms with Crippen LogP contribution in [0.25, 0.3) is 5.57 Å². The summed E-state index contributed by atoms with van der Waals surface area (Å²) in [4.78, 5) is 1.89. The molecule has 34 heavy (non-hydrogen) atoms. The van der Waals surface area contributed by atoms with E-state index in [4.69, 9.17) is 4.74 Å². The van der Waals surface area contributed by atoms with Gasteiger partial charge in [0.05, 0.1) is 5.56 Å². The Morgan fingerprint density at radius 2 is 1.71 bits per heavy atom. The van der Waals surface area contributed by atoms with Gasteiger partial charge in [0.2, 0.25) is 0 Å². The van der Waals surface area contributed by atoms with E-state index in [1.807, 2.05) is 4.90 Å². The van der Waals surface area contributed by atoms with Gasteiger partial charge < -0.3 is 4.74 Å². The normalized spacial score (nSPS) is 20.1. The highest BCUT2D eigenvalue weighted by Crippen LogP contribution is 2.32. The highest BCUT2D eigenvalue weighted by atomic mass is 32.2. The van der Waals surface area contributed by atoms with Crippen LogP contribution >= 0.6 is 0 Å². The quantitative estimate of drug-likeness (QED) is 0.606. The zero-order valence-electron chi connectivity index (χ0n) is 18.2. The molecule has 4 rings (SSSR count). The minimum absolute atomic E-state index is 0.0967. The number of likely N-dealkylation sites (tertiary alicyclic amines) is 1. The van der Waals surface area contributed by atoms with Gasteiger partial charge in [0.25, 0.3) is 0 Å². The Labute approximate surface area is 194 Å². The van der Waals surface area contributed by atoms with Gasteiger partial charge in [0.1, 0.15) is 11.5 Å². The largest absolute Gasteiger partial charge is 0.482 e. The van der Waals surface area contributed by atoms with Crippen molar-refractivity contribution in [3.8, 4) is 5.75 Å². The molecule has 2 aromatic rings. The van der Waals surface area contributed by atoms with E-state index in [0.717, 1.165) is 30.5 Å². The van der Waals surface area contributed by atoms with Crippen molar-refractivity contribution in [3.05, 3.63) is 70.8 Å². The van der Waals surface area contributed by atoms with Crippen LogP contribution in [-0.4, -0.2) is 50.7 Å². The number of hydrogen-bond donors (Lipinski definition) is 1. The number of alkyl halides is 3. The lowest BCUT2D eigenvalue weighted by Crippen LogP contribution is -2.53. The van der Waals surface area contributed by atoms with Gasteiger partial charge in [0.15, 0.2) is 27.2 Å². The van der Waals surface area contributed by atoms with Crippen LogP contribution in [0, 0.1) is 11.6 Å². The van der Waals surface area contributed by atoms with Gasteiger partial charge in [-0.1, -0.05) is 18.2 Å². The zero-order valence-corrected chi connectivity index (χ0v) is 19.0. The van der Waals surface area contributed by atoms with Crippen molar-refractivity contribution in [1.29, 1.82) is 0 Å². The van der Waals surface area contributed by atoms with Crippen LogP contribution in [-0.2, 0) is 22.6 Å². The van der Waals surface area contributed by atoms with Crippen molar-refractivity contribution >= 4 is 15.4 Å². The van der Waals surface area contributed by atoms with E-state index >= 15 is 0 Å². The molecule has 2 aromatic carbocycles. The first kappa shape index (κ1) is 24.6. The Bertz CT molecular complexity index is 1170. The monoisotopic (exact) mass is 502 g/mol. The van der Waals surface area contributed by atoms with Crippen LogP contribution in [0.1, 0.15) is 23.1 Å². The van der Waals surface area contributed by atoms with Crippen molar-refractivity contribution in [3.63, 3.8) is 0 Å². The van der Waals surface area contributed by atoms with Crippen molar-refractivity contribution < 1.29 is 35.1 Å². The van der Waals surface area contributed by atoms with Crippen LogP contribution in [0.5, 0.6) is 5.75 Å². The van der Waals surface area contributed by atoms with Crippen LogP contribution in [0.2, 0.25) is 0 Å². The Morgan fingerprint density at radius 3 is 2.26 bits per heavy atom. The van der Waals surface area contributed by atoms with E-state index < -0.39 is 50.4 Å². The maximum absolute atomic E-state index is 14.7. The number of ether oxygens (including phenoxy) is 1. The fraction of sp³-hybridized carbons (Fsp3) is 0.391. The van der Waals surface area contributed by atoms with Crippen molar-refractivity contribution in [2.24, 2.45) is 0 Å². The Morgan fingerprint density at radius 1 is 1.09 bits per heavy atom. The summed E-state index contributed by atoms with van der Waals surface area (Å²) in [5.41, 5.74) is 0.762. The molecule has 2 aliphatic heterocycles. The lowest BCUT2D eigenvalue weighted by molar-refractivity contribution is -0.137. The van der Waals surface area contributed by atoms with Gasteiger partial charge in [0, 0.05) is 38.9 Å². The predicted octanol–water partition coefficient (Wildman–Crippen LogP) is 3.99. The van der Waals surface area contributed by atoms with Crippen molar-refractivity contribution in [2.75, 3.05) is 25.9 Å². The van der Waals surface area contributed by atoms with Gasteiger partial charge in [-0.2, -0.15) is 13.2 Å². The summed E-state index contributed by atoms with van der Waals surface area (Å²) >= 11 is 0. The first-order valence-electron chi connectivity index (χ1n) is 10.6. The summed E-state index contributed by atoms with van der Waals surface area (Å²) in [6.45, 7) is 1.40. The zero-order chi connectivity index (χ0) is 24.7. The summed E-state index contributed by atoms with van der Waals surface area (Å²) < 4.78 is 96.4. The molecule has 5 nitrogen and oxygen atoms in total. The Hall–Kier alpha value is -2.50. The van der Waals surface area contributed by atoms with E-state index in [-0.39, 0.29) is 18.5 Å². The van der Waals surface area contributed by atoms with E-state index in [9.17, 15) is 30.4 Å². The maximum atomic E-state index is 14.7. The molecule has 2 aliphatic rings. The highest BCUT2D eigenvalue weighted by Gasteiger charge is 2.32. The van der Waals surface area contributed by atoms with Gasteiger partial charge in [-0.05, 0) is 41.0 Å². The van der Waals surface area contributed by atoms with E-state index in [1.165, 1.54) is 12.1 Å². The molecule has 0 amide bonds. The molecule has 2 heterocycles. The number of benzene rings is 2. The smallest absolute Gasteiger partial charge is 0.416 e. The molecule has 1 unspecified atom stereocenters. The lowest BCUT2D eigenvalue weighted by Gasteiger charge is -2.39. The Balaban J connectivity index is 1.35. The molecule has 0 saturated carbocycles. The molecule has 0 bridgehead atoms. The molecule has 1 fully saturated rings. The van der Waals surface area contributed by atoms with Gasteiger partial charge >= 0.3 is 6.18 Å². The van der Waals surface area contributed by atoms with E-state index in [0.29, 0.717) is 30.8 Å². The molecule has 0 spiro atoms. The summed E-state index contributed by atoms with van der Waals surface area (Å²) in [5, 5.41) is 2.02. The van der Waals surface area contributed by atoms with Crippen LogP contribution in [0.3, 0.4) is 0 Å². The van der Waals surface area contributed by atoms with Gasteiger partial charge in [-0.15, -0.1) is 0 Å². The van der Waals surface area contributed by atoms with Crippen LogP contribution in [0.15, 0.2) is 42.5 Å². The fourth-order valence-corrected chi connectivity index (χ4v) is 4.90. The third kappa shape index (κ3) is 5.59. The third-order valence-corrected chi connectivity index (χ3v) is 7.25. The second kappa shape index (κ2) is 9.27. The predicted molar refractivity (Wildman–Crippen MR) is 117 cm³/mol. The average Bonchev–Trinajstić information content (AvgIpc) is 2.73. The third-order valence-electron chi connectivity index (χ3n) is 5.88. The second-order valence-corrected chi connectivity index (χ2v) is 10.8. The molecule has 184 valence electrons. The van der Waals surface area contributed by atoms with E-state index in [1.54, 1.807) is 6.08 Å². The molecular weight excluding hydrogens is 479 g/mol. The summed E-state index contributed by atoms with van der Waals surface area (Å²) in [7, 11) is -3.36. The van der Waals surface area contributed by atoms with E-state index in [2.05, 4.69) is 5.32 Å². The molecule has 1 saturated heterocycles. The lowest BCUT2D eigenvalue weighted by atomic mass is 9.99.